The van der Waals surface area contributed by atoms with E-state index in [1.165, 1.54) is 0 Å². The summed E-state index contributed by atoms with van der Waals surface area (Å²) >= 11 is 0. The molecule has 0 saturated carbocycles. The molecule has 0 N–H and O–H groups in total. The highest BCUT2D eigenvalue weighted by Gasteiger charge is 2.29. The van der Waals surface area contributed by atoms with Crippen LogP contribution in [-0.2, 0) is 4.57 Å². The van der Waals surface area contributed by atoms with Crippen molar-refractivity contribution in [1.82, 2.24) is 19.6 Å². The first-order valence-corrected chi connectivity index (χ1v) is 13.9. The number of furan rings is 1. The van der Waals surface area contributed by atoms with E-state index >= 15 is 0 Å². The molecule has 6 nitrogen and oxygen atoms in total. The largest absolute Gasteiger partial charge is 0.456 e. The van der Waals surface area contributed by atoms with Crippen molar-refractivity contribution >= 4 is 39.7 Å². The van der Waals surface area contributed by atoms with Gasteiger partial charge in [0.1, 0.15) is 11.3 Å². The van der Waals surface area contributed by atoms with Gasteiger partial charge in [-0.15, -0.1) is 5.10 Å². The first-order valence-electron chi connectivity index (χ1n) is 12.2. The van der Waals surface area contributed by atoms with Gasteiger partial charge in [-0.05, 0) is 24.3 Å². The molecule has 0 aliphatic carbocycles. The monoisotopic (exact) mass is 512 g/mol. The maximum atomic E-state index is 14.6. The zero-order chi connectivity index (χ0) is 25.5. The van der Waals surface area contributed by atoms with Crippen LogP contribution in [0.15, 0.2) is 132 Å². The molecule has 0 aliphatic heterocycles. The van der Waals surface area contributed by atoms with Crippen molar-refractivity contribution in [1.29, 1.82) is 0 Å². The van der Waals surface area contributed by atoms with E-state index in [1.54, 1.807) is 16.9 Å². The van der Waals surface area contributed by atoms with Crippen molar-refractivity contribution in [3.8, 4) is 22.7 Å². The molecule has 4 heterocycles. The minimum atomic E-state index is -3.04. The molecule has 3 aromatic carbocycles. The summed E-state index contributed by atoms with van der Waals surface area (Å²) in [7, 11) is -3.04. The van der Waals surface area contributed by atoms with E-state index < -0.39 is 7.14 Å². The molecule has 0 fully saturated rings. The maximum Gasteiger partial charge on any atom is 0.182 e. The van der Waals surface area contributed by atoms with Gasteiger partial charge in [0.15, 0.2) is 18.6 Å². The molecular formula is C31H21N4O2P. The van der Waals surface area contributed by atoms with Crippen LogP contribution in [0.3, 0.4) is 0 Å². The lowest BCUT2D eigenvalue weighted by Crippen LogP contribution is -2.24. The predicted octanol–water partition coefficient (Wildman–Crippen LogP) is 5.84. The Kier molecular flexibility index (Phi) is 5.27. The number of hydrogen-bond acceptors (Lipinski definition) is 5. The topological polar surface area (TPSA) is 73.3 Å². The summed E-state index contributed by atoms with van der Waals surface area (Å²) in [6.45, 7) is 0. The molecular weight excluding hydrogens is 491 g/mol. The van der Waals surface area contributed by atoms with E-state index in [1.807, 2.05) is 115 Å². The highest BCUT2D eigenvalue weighted by Crippen LogP contribution is 2.42. The molecule has 7 rings (SSSR count). The van der Waals surface area contributed by atoms with Crippen molar-refractivity contribution in [2.75, 3.05) is 0 Å². The van der Waals surface area contributed by atoms with E-state index in [9.17, 15) is 4.57 Å². The second-order valence-electron chi connectivity index (χ2n) is 8.98. The predicted molar refractivity (Wildman–Crippen MR) is 151 cm³/mol. The lowest BCUT2D eigenvalue weighted by Gasteiger charge is -2.20. The van der Waals surface area contributed by atoms with E-state index in [4.69, 9.17) is 14.5 Å². The Morgan fingerprint density at radius 1 is 0.711 bits per heavy atom. The molecule has 0 radical (unpaired) electrons. The van der Waals surface area contributed by atoms with Gasteiger partial charge in [0.2, 0.25) is 0 Å². The van der Waals surface area contributed by atoms with Gasteiger partial charge in [0, 0.05) is 45.6 Å². The third kappa shape index (κ3) is 3.66. The minimum Gasteiger partial charge on any atom is -0.456 e. The van der Waals surface area contributed by atoms with Gasteiger partial charge < -0.3 is 8.98 Å². The van der Waals surface area contributed by atoms with Crippen LogP contribution in [-0.4, -0.2) is 19.6 Å². The van der Waals surface area contributed by atoms with Crippen LogP contribution in [0.25, 0.3) is 39.3 Å². The number of rotatable bonds is 5. The van der Waals surface area contributed by atoms with E-state index in [0.717, 1.165) is 43.8 Å². The molecule has 38 heavy (non-hydrogen) atoms. The van der Waals surface area contributed by atoms with Gasteiger partial charge >= 0.3 is 0 Å². The van der Waals surface area contributed by atoms with E-state index in [0.29, 0.717) is 11.5 Å². The summed E-state index contributed by atoms with van der Waals surface area (Å²) < 4.78 is 22.4. The van der Waals surface area contributed by atoms with E-state index in [-0.39, 0.29) is 0 Å². The maximum absolute atomic E-state index is 14.6. The Bertz CT molecular complexity index is 1890. The molecule has 7 aromatic rings. The number of hydrogen-bond donors (Lipinski definition) is 0. The number of aromatic nitrogens is 4. The number of pyridine rings is 2. The lowest BCUT2D eigenvalue weighted by atomic mass is 10.2. The third-order valence-electron chi connectivity index (χ3n) is 6.67. The molecule has 0 saturated heterocycles. The van der Waals surface area contributed by atoms with Crippen LogP contribution in [0, 0.1) is 0 Å². The van der Waals surface area contributed by atoms with Crippen LogP contribution in [0.1, 0.15) is 0 Å². The van der Waals surface area contributed by atoms with Gasteiger partial charge in [-0.1, -0.05) is 84.9 Å². The van der Waals surface area contributed by atoms with Gasteiger partial charge in [-0.3, -0.25) is 4.98 Å². The standard InChI is InChI=1S/C31H21N4O2P/c36-38(24-9-3-1-4-10-24,25-11-5-2-6-12-25)26-15-13-22(14-16-26)30-33-31-27-20-29(23-8-7-18-32-21-23)37-28(27)17-19-35(31)34-30/h1-21H. The molecule has 182 valence electrons. The Hall–Kier alpha value is -4.80. The zero-order valence-corrected chi connectivity index (χ0v) is 21.1. The van der Waals surface area contributed by atoms with Crippen LogP contribution >= 0.6 is 7.14 Å². The summed E-state index contributed by atoms with van der Waals surface area (Å²) in [5, 5.41) is 7.95. The van der Waals surface area contributed by atoms with E-state index in [2.05, 4.69) is 4.98 Å². The summed E-state index contributed by atoms with van der Waals surface area (Å²) in [4.78, 5) is 9.02. The number of benzene rings is 3. The van der Waals surface area contributed by atoms with Crippen molar-refractivity contribution < 1.29 is 8.98 Å². The summed E-state index contributed by atoms with van der Waals surface area (Å²) in [5.41, 5.74) is 3.18. The van der Waals surface area contributed by atoms with Crippen LogP contribution in [0.4, 0.5) is 0 Å². The highest BCUT2D eigenvalue weighted by molar-refractivity contribution is 7.85. The van der Waals surface area contributed by atoms with Gasteiger partial charge in [0.25, 0.3) is 0 Å². The van der Waals surface area contributed by atoms with Crippen molar-refractivity contribution in [3.63, 3.8) is 0 Å². The molecule has 0 spiro atoms. The normalized spacial score (nSPS) is 11.8. The minimum absolute atomic E-state index is 0.586. The highest BCUT2D eigenvalue weighted by atomic mass is 31.2. The van der Waals surface area contributed by atoms with Crippen LogP contribution in [0.5, 0.6) is 0 Å². The molecule has 0 bridgehead atoms. The second kappa shape index (κ2) is 8.94. The fourth-order valence-electron chi connectivity index (χ4n) is 4.77. The molecule has 0 atom stereocenters. The smallest absolute Gasteiger partial charge is 0.182 e. The Balaban J connectivity index is 1.30. The fraction of sp³-hybridized carbons (Fsp3) is 0. The van der Waals surface area contributed by atoms with Gasteiger partial charge in [-0.2, -0.15) is 0 Å². The number of fused-ring (bicyclic) bond motifs is 3. The van der Waals surface area contributed by atoms with Crippen molar-refractivity contribution in [3.05, 3.63) is 128 Å². The molecule has 0 unspecified atom stereocenters. The van der Waals surface area contributed by atoms with Gasteiger partial charge in [0.05, 0.1) is 5.39 Å². The molecule has 0 amide bonds. The second-order valence-corrected chi connectivity index (χ2v) is 11.7. The third-order valence-corrected chi connectivity index (χ3v) is 9.75. The van der Waals surface area contributed by atoms with Crippen LogP contribution < -0.4 is 15.9 Å². The quantitative estimate of drug-likeness (QED) is 0.271. The summed E-state index contributed by atoms with van der Waals surface area (Å²) in [5.74, 6) is 1.31. The average molecular weight is 513 g/mol. The van der Waals surface area contributed by atoms with Crippen molar-refractivity contribution in [2.45, 2.75) is 0 Å². The van der Waals surface area contributed by atoms with Gasteiger partial charge in [-0.25, -0.2) is 9.50 Å². The van der Waals surface area contributed by atoms with Crippen LogP contribution in [0.2, 0.25) is 0 Å². The van der Waals surface area contributed by atoms with Crippen molar-refractivity contribution in [2.24, 2.45) is 0 Å². The first kappa shape index (κ1) is 22.4. The summed E-state index contributed by atoms with van der Waals surface area (Å²) in [6, 6.07) is 34.7. The first-order chi connectivity index (χ1) is 18.7. The zero-order valence-electron chi connectivity index (χ0n) is 20.2. The SMILES string of the molecule is O=P(c1ccccc1)(c1ccccc1)c1ccc(-c2nc3c4cc(-c5cccnc5)oc4ccn3n2)cc1. The Morgan fingerprint density at radius 3 is 2.05 bits per heavy atom. The fourth-order valence-corrected chi connectivity index (χ4v) is 7.42. The molecule has 4 aromatic heterocycles. The Morgan fingerprint density at radius 2 is 1.39 bits per heavy atom. The molecule has 7 heteroatoms. The Labute approximate surface area is 218 Å². The number of nitrogens with zero attached hydrogens (tertiary/aromatic N) is 4. The summed E-state index contributed by atoms with van der Waals surface area (Å²) in [6.07, 6.45) is 5.35. The average Bonchev–Trinajstić information content (AvgIpc) is 3.63. The molecule has 0 aliphatic rings. The lowest BCUT2D eigenvalue weighted by molar-refractivity contribution is 0.592.